The van der Waals surface area contributed by atoms with E-state index in [2.05, 4.69) is 0 Å². The maximum Gasteiger partial charge on any atom is 0.178 e. The van der Waals surface area contributed by atoms with E-state index in [-0.39, 0.29) is 5.75 Å². The number of anilines is 1. The number of nitrogens with two attached hydrogens (primary N) is 1. The van der Waals surface area contributed by atoms with Crippen molar-refractivity contribution in [2.45, 2.75) is 11.3 Å². The van der Waals surface area contributed by atoms with Gasteiger partial charge in [0.2, 0.25) is 0 Å². The smallest absolute Gasteiger partial charge is 0.178 e. The molecule has 3 nitrogen and oxygen atoms in total. The highest BCUT2D eigenvalue weighted by atomic mass is 32.2. The molecule has 1 aromatic rings. The highest BCUT2D eigenvalue weighted by Crippen LogP contribution is 2.15. The minimum atomic E-state index is -3.15. The molecule has 15 heavy (non-hydrogen) atoms. The number of sulfone groups is 1. The molecule has 1 aromatic carbocycles. The highest BCUT2D eigenvalue weighted by molar-refractivity contribution is 7.98. The van der Waals surface area contributed by atoms with E-state index in [1.165, 1.54) is 6.07 Å². The Hall–Kier alpha value is -0.680. The maximum atomic E-state index is 11.8. The van der Waals surface area contributed by atoms with Crippen LogP contribution in [0.15, 0.2) is 29.2 Å². The van der Waals surface area contributed by atoms with Crippen molar-refractivity contribution in [2.24, 2.45) is 0 Å². The maximum absolute atomic E-state index is 11.8. The van der Waals surface area contributed by atoms with Crippen LogP contribution >= 0.6 is 11.8 Å². The summed E-state index contributed by atoms with van der Waals surface area (Å²) < 4.78 is 23.6. The largest absolute Gasteiger partial charge is 0.399 e. The molecule has 0 fully saturated rings. The Kier molecular flexibility index (Phi) is 4.47. The summed E-state index contributed by atoms with van der Waals surface area (Å²) in [5.41, 5.74) is 6.03. The van der Waals surface area contributed by atoms with Crippen LogP contribution in [-0.2, 0) is 9.84 Å². The van der Waals surface area contributed by atoms with Gasteiger partial charge in [-0.2, -0.15) is 11.8 Å². The van der Waals surface area contributed by atoms with E-state index in [0.717, 1.165) is 5.75 Å². The molecule has 0 spiro atoms. The van der Waals surface area contributed by atoms with Gasteiger partial charge in [-0.15, -0.1) is 0 Å². The van der Waals surface area contributed by atoms with E-state index < -0.39 is 9.84 Å². The Morgan fingerprint density at radius 2 is 2.13 bits per heavy atom. The van der Waals surface area contributed by atoms with Crippen LogP contribution < -0.4 is 5.73 Å². The fraction of sp³-hybridized carbons (Fsp3) is 0.400. The number of thioether (sulfide) groups is 1. The third-order valence-electron chi connectivity index (χ3n) is 1.98. The number of nitrogen functional groups attached to an aromatic ring is 1. The minimum absolute atomic E-state index is 0.192. The van der Waals surface area contributed by atoms with Crippen molar-refractivity contribution in [3.8, 4) is 0 Å². The van der Waals surface area contributed by atoms with Gasteiger partial charge in [0.25, 0.3) is 0 Å². The molecule has 0 aromatic heterocycles. The van der Waals surface area contributed by atoms with Crippen molar-refractivity contribution in [3.63, 3.8) is 0 Å². The zero-order valence-corrected chi connectivity index (χ0v) is 10.3. The van der Waals surface area contributed by atoms with Crippen molar-refractivity contribution >= 4 is 27.3 Å². The average molecular weight is 245 g/mol. The Balaban J connectivity index is 2.77. The summed E-state index contributed by atoms with van der Waals surface area (Å²) in [6.45, 7) is 0. The van der Waals surface area contributed by atoms with Gasteiger partial charge in [-0.25, -0.2) is 8.42 Å². The quantitative estimate of drug-likeness (QED) is 0.634. The van der Waals surface area contributed by atoms with Crippen LogP contribution in [0, 0.1) is 0 Å². The molecule has 1 rings (SSSR count). The fourth-order valence-electron chi connectivity index (χ4n) is 1.22. The van der Waals surface area contributed by atoms with Gasteiger partial charge < -0.3 is 5.73 Å². The van der Waals surface area contributed by atoms with Crippen LogP contribution in [0.2, 0.25) is 0 Å². The van der Waals surface area contributed by atoms with Crippen molar-refractivity contribution in [2.75, 3.05) is 23.5 Å². The lowest BCUT2D eigenvalue weighted by molar-refractivity contribution is 0.595. The molecule has 2 N–H and O–H groups in total. The number of hydrogen-bond donors (Lipinski definition) is 1. The number of benzene rings is 1. The topological polar surface area (TPSA) is 60.2 Å². The van der Waals surface area contributed by atoms with Crippen LogP contribution in [0.3, 0.4) is 0 Å². The third kappa shape index (κ3) is 3.76. The minimum Gasteiger partial charge on any atom is -0.399 e. The first kappa shape index (κ1) is 12.4. The van der Waals surface area contributed by atoms with Crippen LogP contribution in [0.1, 0.15) is 6.42 Å². The summed E-state index contributed by atoms with van der Waals surface area (Å²) >= 11 is 1.65. The summed E-state index contributed by atoms with van der Waals surface area (Å²) in [5, 5.41) is 0. The fourth-order valence-corrected chi connectivity index (χ4v) is 3.20. The van der Waals surface area contributed by atoms with Crippen LogP contribution in [0.5, 0.6) is 0 Å². The zero-order valence-electron chi connectivity index (χ0n) is 8.64. The SMILES string of the molecule is CSCCCS(=O)(=O)c1cccc(N)c1. The van der Waals surface area contributed by atoms with Gasteiger partial charge in [0.1, 0.15) is 0 Å². The van der Waals surface area contributed by atoms with Crippen molar-refractivity contribution in [3.05, 3.63) is 24.3 Å². The van der Waals surface area contributed by atoms with Gasteiger partial charge in [0.05, 0.1) is 10.6 Å². The van der Waals surface area contributed by atoms with Crippen LogP contribution in [-0.4, -0.2) is 26.2 Å². The third-order valence-corrected chi connectivity index (χ3v) is 4.47. The first-order chi connectivity index (χ1) is 7.06. The van der Waals surface area contributed by atoms with Crippen LogP contribution in [0.25, 0.3) is 0 Å². The molecule has 0 heterocycles. The van der Waals surface area contributed by atoms with E-state index in [1.807, 2.05) is 6.26 Å². The van der Waals surface area contributed by atoms with E-state index >= 15 is 0 Å². The molecule has 0 aliphatic carbocycles. The molecule has 0 radical (unpaired) electrons. The average Bonchev–Trinajstić information content (AvgIpc) is 2.18. The Bertz CT molecular complexity index is 415. The molecule has 0 saturated heterocycles. The highest BCUT2D eigenvalue weighted by Gasteiger charge is 2.13. The lowest BCUT2D eigenvalue weighted by Gasteiger charge is -2.04. The molecule has 84 valence electrons. The predicted molar refractivity (Wildman–Crippen MR) is 65.9 cm³/mol. The van der Waals surface area contributed by atoms with Crippen molar-refractivity contribution in [1.82, 2.24) is 0 Å². The lowest BCUT2D eigenvalue weighted by Crippen LogP contribution is -2.07. The van der Waals surface area contributed by atoms with Crippen molar-refractivity contribution in [1.29, 1.82) is 0 Å². The molecule has 5 heteroatoms. The molecule has 0 aliphatic heterocycles. The summed E-state index contributed by atoms with van der Waals surface area (Å²) in [7, 11) is -3.15. The van der Waals surface area contributed by atoms with E-state index in [0.29, 0.717) is 17.0 Å². The molecule has 0 amide bonds. The molecule has 0 bridgehead atoms. The molecule has 0 aliphatic rings. The second kappa shape index (κ2) is 5.42. The van der Waals surface area contributed by atoms with Crippen molar-refractivity contribution < 1.29 is 8.42 Å². The van der Waals surface area contributed by atoms with E-state index in [4.69, 9.17) is 5.73 Å². The lowest BCUT2D eigenvalue weighted by atomic mass is 10.3. The first-order valence-electron chi connectivity index (χ1n) is 4.63. The zero-order chi connectivity index (χ0) is 11.3. The standard InChI is InChI=1S/C10H15NO2S2/c1-14-6-3-7-15(12,13)10-5-2-4-9(11)8-10/h2,4-5,8H,3,6-7,11H2,1H3. The van der Waals surface area contributed by atoms with E-state index in [1.54, 1.807) is 30.0 Å². The molecule has 0 atom stereocenters. The summed E-state index contributed by atoms with van der Waals surface area (Å²) in [4.78, 5) is 0.323. The monoisotopic (exact) mass is 245 g/mol. The number of rotatable bonds is 5. The van der Waals surface area contributed by atoms with E-state index in [9.17, 15) is 8.42 Å². The van der Waals surface area contributed by atoms with Gasteiger partial charge in [-0.3, -0.25) is 0 Å². The Morgan fingerprint density at radius 1 is 1.40 bits per heavy atom. The second-order valence-electron chi connectivity index (χ2n) is 3.24. The van der Waals surface area contributed by atoms with Gasteiger partial charge in [-0.1, -0.05) is 6.07 Å². The van der Waals surface area contributed by atoms with Gasteiger partial charge in [0.15, 0.2) is 9.84 Å². The van der Waals surface area contributed by atoms with Gasteiger partial charge in [0, 0.05) is 5.69 Å². The molecular weight excluding hydrogens is 230 g/mol. The summed E-state index contributed by atoms with van der Waals surface area (Å²) in [6.07, 6.45) is 2.64. The molecular formula is C10H15NO2S2. The predicted octanol–water partition coefficient (Wildman–Crippen LogP) is 1.80. The molecule has 0 unspecified atom stereocenters. The Labute approximate surface area is 95.0 Å². The van der Waals surface area contributed by atoms with Gasteiger partial charge >= 0.3 is 0 Å². The summed E-state index contributed by atoms with van der Waals surface area (Å²) in [5.74, 6) is 1.05. The van der Waals surface area contributed by atoms with Gasteiger partial charge in [-0.05, 0) is 36.6 Å². The second-order valence-corrected chi connectivity index (χ2v) is 6.33. The Morgan fingerprint density at radius 3 is 2.73 bits per heavy atom. The number of hydrogen-bond acceptors (Lipinski definition) is 4. The van der Waals surface area contributed by atoms with Crippen LogP contribution in [0.4, 0.5) is 5.69 Å². The normalized spacial score (nSPS) is 11.5. The first-order valence-corrected chi connectivity index (χ1v) is 7.68. The molecule has 0 saturated carbocycles. The summed E-state index contributed by atoms with van der Waals surface area (Å²) in [6, 6.07) is 6.44.